The second-order valence-corrected chi connectivity index (χ2v) is 3.54. The largest absolute Gasteiger partial charge is 0.368 e. The molecule has 0 aromatic rings. The Morgan fingerprint density at radius 1 is 1.77 bits per heavy atom. The molecule has 1 heterocycles. The van der Waals surface area contributed by atoms with E-state index in [1.54, 1.807) is 6.92 Å². The van der Waals surface area contributed by atoms with Gasteiger partial charge in [0.2, 0.25) is 5.91 Å². The predicted molar refractivity (Wildman–Crippen MR) is 48.6 cm³/mol. The highest BCUT2D eigenvalue weighted by Crippen LogP contribution is 2.17. The van der Waals surface area contributed by atoms with Crippen LogP contribution >= 0.6 is 0 Å². The molecule has 0 spiro atoms. The molecule has 0 aromatic heterocycles. The minimum Gasteiger partial charge on any atom is -0.368 e. The van der Waals surface area contributed by atoms with E-state index in [9.17, 15) is 4.79 Å². The van der Waals surface area contributed by atoms with Crippen molar-refractivity contribution in [2.75, 3.05) is 13.1 Å². The molecule has 0 radical (unpaired) electrons. The first kappa shape index (κ1) is 10.0. The number of likely N-dealkylation sites (tertiary alicyclic amines) is 1. The Morgan fingerprint density at radius 2 is 2.46 bits per heavy atom. The molecule has 0 aromatic carbocycles. The van der Waals surface area contributed by atoms with Crippen molar-refractivity contribution in [3.05, 3.63) is 0 Å². The number of hydrogen-bond donors (Lipinski definition) is 1. The van der Waals surface area contributed by atoms with E-state index in [4.69, 9.17) is 11.0 Å². The number of primary amides is 1. The van der Waals surface area contributed by atoms with Crippen molar-refractivity contribution in [1.82, 2.24) is 4.90 Å². The number of rotatable bonds is 2. The van der Waals surface area contributed by atoms with Crippen molar-refractivity contribution >= 4 is 5.91 Å². The summed E-state index contributed by atoms with van der Waals surface area (Å²) in [5.74, 6) is -0.242. The molecule has 1 fully saturated rings. The third-order valence-electron chi connectivity index (χ3n) is 2.59. The van der Waals surface area contributed by atoms with Gasteiger partial charge in [-0.15, -0.1) is 0 Å². The molecule has 1 amide bonds. The zero-order valence-electron chi connectivity index (χ0n) is 7.86. The zero-order chi connectivity index (χ0) is 9.84. The van der Waals surface area contributed by atoms with E-state index in [1.165, 1.54) is 0 Å². The summed E-state index contributed by atoms with van der Waals surface area (Å²) in [6.07, 6.45) is 1.92. The molecular weight excluding hydrogens is 166 g/mol. The van der Waals surface area contributed by atoms with E-state index in [-0.39, 0.29) is 17.9 Å². The van der Waals surface area contributed by atoms with Crippen molar-refractivity contribution in [3.63, 3.8) is 0 Å². The Balaban J connectivity index is 2.52. The highest BCUT2D eigenvalue weighted by atomic mass is 16.1. The maximum atomic E-state index is 10.9. The summed E-state index contributed by atoms with van der Waals surface area (Å²) in [6, 6.07) is 1.99. The summed E-state index contributed by atoms with van der Waals surface area (Å²) in [6.45, 7) is 3.35. The Labute approximate surface area is 78.3 Å². The predicted octanol–water partition coefficient (Wildman–Crippen LogP) is 0.0958. The smallest absolute Gasteiger partial charge is 0.234 e. The van der Waals surface area contributed by atoms with Gasteiger partial charge in [0.25, 0.3) is 0 Å². The van der Waals surface area contributed by atoms with Crippen LogP contribution in [0.15, 0.2) is 0 Å². The van der Waals surface area contributed by atoms with Crippen molar-refractivity contribution in [3.8, 4) is 6.07 Å². The van der Waals surface area contributed by atoms with Crippen LogP contribution in [0.5, 0.6) is 0 Å². The number of piperidine rings is 1. The average Bonchev–Trinajstić information content (AvgIpc) is 2.16. The lowest BCUT2D eigenvalue weighted by Crippen LogP contribution is -2.47. The van der Waals surface area contributed by atoms with Gasteiger partial charge >= 0.3 is 0 Å². The number of nitrogens with zero attached hydrogens (tertiary/aromatic N) is 2. The van der Waals surface area contributed by atoms with Gasteiger partial charge in [0.15, 0.2) is 0 Å². The van der Waals surface area contributed by atoms with Gasteiger partial charge in [-0.1, -0.05) is 0 Å². The van der Waals surface area contributed by atoms with Crippen molar-refractivity contribution in [2.24, 2.45) is 11.7 Å². The molecule has 1 rings (SSSR count). The number of amides is 1. The second kappa shape index (κ2) is 4.24. The van der Waals surface area contributed by atoms with Crippen LogP contribution < -0.4 is 5.73 Å². The molecule has 0 bridgehead atoms. The van der Waals surface area contributed by atoms with Crippen molar-refractivity contribution in [1.29, 1.82) is 5.26 Å². The number of hydrogen-bond acceptors (Lipinski definition) is 3. The lowest BCUT2D eigenvalue weighted by Gasteiger charge is -2.32. The SMILES string of the molecule is CC(C(N)=O)N1CCCC(C#N)C1. The Morgan fingerprint density at radius 3 is 3.00 bits per heavy atom. The van der Waals surface area contributed by atoms with Gasteiger partial charge in [0.05, 0.1) is 18.0 Å². The minimum atomic E-state index is -0.307. The highest BCUT2D eigenvalue weighted by Gasteiger charge is 2.25. The van der Waals surface area contributed by atoms with Crippen LogP contribution in [0.4, 0.5) is 0 Å². The lowest BCUT2D eigenvalue weighted by molar-refractivity contribution is -0.123. The summed E-state index contributed by atoms with van der Waals surface area (Å²) >= 11 is 0. The average molecular weight is 181 g/mol. The van der Waals surface area contributed by atoms with Gasteiger partial charge in [-0.3, -0.25) is 9.69 Å². The Hall–Kier alpha value is -1.08. The van der Waals surface area contributed by atoms with Crippen LogP contribution in [-0.4, -0.2) is 29.9 Å². The third-order valence-corrected chi connectivity index (χ3v) is 2.59. The maximum Gasteiger partial charge on any atom is 0.234 e. The van der Waals surface area contributed by atoms with Gasteiger partial charge in [0, 0.05) is 6.54 Å². The topological polar surface area (TPSA) is 70.1 Å². The number of nitrogens with two attached hydrogens (primary N) is 1. The first-order chi connectivity index (χ1) is 6.15. The van der Waals surface area contributed by atoms with E-state index in [0.717, 1.165) is 19.4 Å². The maximum absolute atomic E-state index is 10.9. The standard InChI is InChI=1S/C9H15N3O/c1-7(9(11)13)12-4-2-3-8(5-10)6-12/h7-8H,2-4,6H2,1H3,(H2,11,13). The molecule has 2 N–H and O–H groups in total. The molecule has 4 nitrogen and oxygen atoms in total. The van der Waals surface area contributed by atoms with Crippen molar-refractivity contribution in [2.45, 2.75) is 25.8 Å². The lowest BCUT2D eigenvalue weighted by atomic mass is 9.98. The van der Waals surface area contributed by atoms with Crippen LogP contribution in [0, 0.1) is 17.2 Å². The highest BCUT2D eigenvalue weighted by molar-refractivity contribution is 5.79. The fourth-order valence-corrected chi connectivity index (χ4v) is 1.64. The zero-order valence-corrected chi connectivity index (χ0v) is 7.86. The first-order valence-electron chi connectivity index (χ1n) is 4.58. The van der Waals surface area contributed by atoms with Gasteiger partial charge < -0.3 is 5.73 Å². The van der Waals surface area contributed by atoms with Crippen LogP contribution in [-0.2, 0) is 4.79 Å². The molecule has 4 heteroatoms. The molecule has 2 atom stereocenters. The summed E-state index contributed by atoms with van der Waals surface area (Å²) < 4.78 is 0. The Kier molecular flexibility index (Phi) is 3.26. The fraction of sp³-hybridized carbons (Fsp3) is 0.778. The van der Waals surface area contributed by atoms with Gasteiger partial charge in [-0.25, -0.2) is 0 Å². The number of carbonyl (C=O) groups is 1. The normalized spacial score (nSPS) is 26.3. The summed E-state index contributed by atoms with van der Waals surface area (Å²) in [7, 11) is 0. The van der Waals surface area contributed by atoms with Gasteiger partial charge in [0.1, 0.15) is 0 Å². The summed E-state index contributed by atoms with van der Waals surface area (Å²) in [5.41, 5.74) is 5.19. The molecule has 1 aliphatic rings. The monoisotopic (exact) mass is 181 g/mol. The van der Waals surface area contributed by atoms with Crippen LogP contribution in [0.25, 0.3) is 0 Å². The molecule has 1 aliphatic heterocycles. The molecule has 72 valence electrons. The third kappa shape index (κ3) is 2.43. The van der Waals surface area contributed by atoms with Crippen LogP contribution in [0.1, 0.15) is 19.8 Å². The minimum absolute atomic E-state index is 0.0653. The molecule has 2 unspecified atom stereocenters. The van der Waals surface area contributed by atoms with Gasteiger partial charge in [-0.2, -0.15) is 5.26 Å². The van der Waals surface area contributed by atoms with E-state index in [0.29, 0.717) is 6.54 Å². The number of carbonyl (C=O) groups excluding carboxylic acids is 1. The Bertz CT molecular complexity index is 234. The summed E-state index contributed by atoms with van der Waals surface area (Å²) in [4.78, 5) is 12.9. The van der Waals surface area contributed by atoms with Crippen LogP contribution in [0.3, 0.4) is 0 Å². The van der Waals surface area contributed by atoms with E-state index in [2.05, 4.69) is 6.07 Å². The van der Waals surface area contributed by atoms with E-state index >= 15 is 0 Å². The molecule has 0 aliphatic carbocycles. The first-order valence-corrected chi connectivity index (χ1v) is 4.58. The van der Waals surface area contributed by atoms with Crippen molar-refractivity contribution < 1.29 is 4.79 Å². The van der Waals surface area contributed by atoms with Crippen LogP contribution in [0.2, 0.25) is 0 Å². The quantitative estimate of drug-likeness (QED) is 0.656. The fourth-order valence-electron chi connectivity index (χ4n) is 1.64. The molecule has 13 heavy (non-hydrogen) atoms. The molecule has 0 saturated carbocycles. The molecular formula is C9H15N3O. The number of nitriles is 1. The summed E-state index contributed by atoms with van der Waals surface area (Å²) in [5, 5.41) is 8.74. The van der Waals surface area contributed by atoms with E-state index < -0.39 is 0 Å². The molecule has 1 saturated heterocycles. The van der Waals surface area contributed by atoms with Gasteiger partial charge in [-0.05, 0) is 26.3 Å². The second-order valence-electron chi connectivity index (χ2n) is 3.54. The van der Waals surface area contributed by atoms with E-state index in [1.807, 2.05) is 4.90 Å².